The van der Waals surface area contributed by atoms with Gasteiger partial charge in [0, 0.05) is 6.07 Å². The quantitative estimate of drug-likeness (QED) is 0.855. The highest BCUT2D eigenvalue weighted by atomic mass is 32.1. The maximum atomic E-state index is 11.5. The minimum absolute atomic E-state index is 0.377. The summed E-state index contributed by atoms with van der Waals surface area (Å²) in [6.45, 7) is 4.25. The van der Waals surface area contributed by atoms with E-state index in [1.54, 1.807) is 19.2 Å². The van der Waals surface area contributed by atoms with Gasteiger partial charge in [0.1, 0.15) is 4.88 Å². The van der Waals surface area contributed by atoms with Gasteiger partial charge in [-0.2, -0.15) is 0 Å². The van der Waals surface area contributed by atoms with Crippen molar-refractivity contribution in [2.75, 3.05) is 19.0 Å². The van der Waals surface area contributed by atoms with Crippen LogP contribution in [0.2, 0.25) is 0 Å². The van der Waals surface area contributed by atoms with Gasteiger partial charge in [-0.1, -0.05) is 11.3 Å². The second-order valence-electron chi connectivity index (χ2n) is 3.87. The Morgan fingerprint density at radius 3 is 2.85 bits per heavy atom. The van der Waals surface area contributed by atoms with Gasteiger partial charge in [0.05, 0.1) is 31.3 Å². The molecule has 1 N–H and O–H groups in total. The highest BCUT2D eigenvalue weighted by Gasteiger charge is 2.15. The Morgan fingerprint density at radius 1 is 1.45 bits per heavy atom. The first-order valence-corrected chi connectivity index (χ1v) is 6.87. The van der Waals surface area contributed by atoms with Crippen LogP contribution in [0.25, 0.3) is 0 Å². The molecule has 0 aliphatic rings. The molecule has 2 aromatic heterocycles. The first-order chi connectivity index (χ1) is 9.63. The van der Waals surface area contributed by atoms with Gasteiger partial charge in [-0.3, -0.25) is 0 Å². The van der Waals surface area contributed by atoms with Crippen LogP contribution < -0.4 is 10.1 Å². The molecule has 0 saturated heterocycles. The molecule has 0 aliphatic heterocycles. The number of ether oxygens (including phenoxy) is 2. The van der Waals surface area contributed by atoms with Crippen molar-refractivity contribution >= 4 is 28.1 Å². The highest BCUT2D eigenvalue weighted by Crippen LogP contribution is 2.26. The van der Waals surface area contributed by atoms with Crippen LogP contribution in [0, 0.1) is 6.92 Å². The minimum atomic E-state index is -0.377. The summed E-state index contributed by atoms with van der Waals surface area (Å²) in [6.07, 6.45) is 1.65. The maximum absolute atomic E-state index is 11.5. The van der Waals surface area contributed by atoms with Crippen LogP contribution in [0.1, 0.15) is 22.3 Å². The molecule has 0 radical (unpaired) electrons. The van der Waals surface area contributed by atoms with Gasteiger partial charge >= 0.3 is 5.97 Å². The molecule has 2 aromatic rings. The molecule has 0 spiro atoms. The van der Waals surface area contributed by atoms with Crippen molar-refractivity contribution in [1.29, 1.82) is 0 Å². The van der Waals surface area contributed by atoms with Gasteiger partial charge in [0.2, 0.25) is 5.88 Å². The Morgan fingerprint density at radius 2 is 2.25 bits per heavy atom. The third kappa shape index (κ3) is 3.24. The van der Waals surface area contributed by atoms with Crippen molar-refractivity contribution in [3.05, 3.63) is 28.9 Å². The van der Waals surface area contributed by atoms with E-state index in [1.165, 1.54) is 18.4 Å². The molecular weight excluding hydrogens is 278 g/mol. The second kappa shape index (κ2) is 6.33. The second-order valence-corrected chi connectivity index (χ2v) is 4.87. The van der Waals surface area contributed by atoms with Crippen LogP contribution in [0.3, 0.4) is 0 Å². The largest absolute Gasteiger partial charge is 0.478 e. The molecule has 0 bridgehead atoms. The summed E-state index contributed by atoms with van der Waals surface area (Å²) in [5.41, 5.74) is 1.42. The summed E-state index contributed by atoms with van der Waals surface area (Å²) in [5, 5.41) is 3.71. The maximum Gasteiger partial charge on any atom is 0.350 e. The van der Waals surface area contributed by atoms with Crippen LogP contribution in [0.15, 0.2) is 18.3 Å². The normalized spacial score (nSPS) is 10.2. The molecule has 0 fully saturated rings. The molecule has 106 valence electrons. The number of carbonyl (C=O) groups excluding carboxylic acids is 1. The van der Waals surface area contributed by atoms with Crippen LogP contribution in [-0.2, 0) is 4.74 Å². The number of nitrogens with one attached hydrogen (secondary N) is 1. The molecule has 0 unspecified atom stereocenters. The van der Waals surface area contributed by atoms with Gasteiger partial charge in [-0.05, 0) is 19.9 Å². The molecule has 0 aliphatic carbocycles. The summed E-state index contributed by atoms with van der Waals surface area (Å²) in [4.78, 5) is 20.4. The summed E-state index contributed by atoms with van der Waals surface area (Å²) in [6, 6.07) is 3.61. The zero-order chi connectivity index (χ0) is 14.5. The number of anilines is 2. The fourth-order valence-electron chi connectivity index (χ4n) is 1.54. The molecule has 2 rings (SSSR count). The fraction of sp³-hybridized carbons (Fsp3) is 0.308. The van der Waals surface area contributed by atoms with Gasteiger partial charge in [0.25, 0.3) is 0 Å². The van der Waals surface area contributed by atoms with Crippen LogP contribution in [-0.4, -0.2) is 29.7 Å². The molecule has 2 heterocycles. The summed E-state index contributed by atoms with van der Waals surface area (Å²) < 4.78 is 9.97. The molecule has 0 amide bonds. The lowest BCUT2D eigenvalue weighted by molar-refractivity contribution is 0.0605. The lowest BCUT2D eigenvalue weighted by Gasteiger charge is -2.04. The van der Waals surface area contributed by atoms with Gasteiger partial charge in [-0.15, -0.1) is 0 Å². The van der Waals surface area contributed by atoms with E-state index in [1.807, 2.05) is 13.0 Å². The molecule has 7 heteroatoms. The average molecular weight is 293 g/mol. The number of esters is 1. The first-order valence-electron chi connectivity index (χ1n) is 6.05. The number of carbonyl (C=O) groups is 1. The smallest absolute Gasteiger partial charge is 0.350 e. The number of aryl methyl sites for hydroxylation is 1. The summed E-state index contributed by atoms with van der Waals surface area (Å²) in [7, 11) is 1.35. The average Bonchev–Trinajstić information content (AvgIpc) is 2.81. The predicted molar refractivity (Wildman–Crippen MR) is 76.9 cm³/mol. The zero-order valence-electron chi connectivity index (χ0n) is 11.5. The molecule has 0 aromatic carbocycles. The predicted octanol–water partition coefficient (Wildman–Crippen LogP) is 2.78. The fourth-order valence-corrected chi connectivity index (χ4v) is 2.45. The van der Waals surface area contributed by atoms with Gasteiger partial charge < -0.3 is 14.8 Å². The number of thiazole rings is 1. The van der Waals surface area contributed by atoms with Crippen molar-refractivity contribution in [3.8, 4) is 5.88 Å². The Balaban J connectivity index is 2.11. The van der Waals surface area contributed by atoms with Crippen molar-refractivity contribution in [1.82, 2.24) is 9.97 Å². The van der Waals surface area contributed by atoms with E-state index < -0.39 is 0 Å². The number of methoxy groups -OCH3 is 1. The number of hydrogen-bond donors (Lipinski definition) is 1. The van der Waals surface area contributed by atoms with Crippen LogP contribution >= 0.6 is 11.3 Å². The monoisotopic (exact) mass is 293 g/mol. The van der Waals surface area contributed by atoms with E-state index in [-0.39, 0.29) is 5.97 Å². The number of hydrogen-bond acceptors (Lipinski definition) is 7. The van der Waals surface area contributed by atoms with Gasteiger partial charge in [-0.25, -0.2) is 14.8 Å². The van der Waals surface area contributed by atoms with E-state index in [0.29, 0.717) is 28.2 Å². The molecular formula is C13H15N3O3S. The Bertz CT molecular complexity index is 595. The molecule has 6 nitrogen and oxygen atoms in total. The van der Waals surface area contributed by atoms with E-state index in [0.717, 1.165) is 5.69 Å². The topological polar surface area (TPSA) is 73.3 Å². The standard InChI is InChI=1S/C13H15N3O3S/c1-4-19-10-6-5-9(7-14-10)16-13-15-8(2)11(20-13)12(17)18-3/h5-7H,4H2,1-3H3,(H,15,16). The lowest BCUT2D eigenvalue weighted by Crippen LogP contribution is -1.99. The highest BCUT2D eigenvalue weighted by molar-refractivity contribution is 7.17. The third-order valence-corrected chi connectivity index (χ3v) is 3.50. The number of nitrogens with zero attached hydrogens (tertiary/aromatic N) is 2. The Labute approximate surface area is 120 Å². The summed E-state index contributed by atoms with van der Waals surface area (Å²) >= 11 is 1.25. The Kier molecular flexibility index (Phi) is 4.52. The van der Waals surface area contributed by atoms with Crippen LogP contribution in [0.4, 0.5) is 10.8 Å². The lowest BCUT2D eigenvalue weighted by atomic mass is 10.4. The van der Waals surface area contributed by atoms with Crippen LogP contribution in [0.5, 0.6) is 5.88 Å². The van der Waals surface area contributed by atoms with Crippen molar-refractivity contribution in [2.24, 2.45) is 0 Å². The molecule has 20 heavy (non-hydrogen) atoms. The summed E-state index contributed by atoms with van der Waals surface area (Å²) in [5.74, 6) is 0.196. The van der Waals surface area contributed by atoms with E-state index in [2.05, 4.69) is 15.3 Å². The van der Waals surface area contributed by atoms with E-state index in [9.17, 15) is 4.79 Å². The molecule has 0 atom stereocenters. The number of rotatable bonds is 5. The number of pyridine rings is 1. The van der Waals surface area contributed by atoms with Crippen molar-refractivity contribution < 1.29 is 14.3 Å². The molecule has 0 saturated carbocycles. The first kappa shape index (κ1) is 14.3. The third-order valence-electron chi connectivity index (χ3n) is 2.45. The Hall–Kier alpha value is -2.15. The van der Waals surface area contributed by atoms with E-state index >= 15 is 0 Å². The van der Waals surface area contributed by atoms with Gasteiger partial charge in [0.15, 0.2) is 5.13 Å². The van der Waals surface area contributed by atoms with Crippen molar-refractivity contribution in [3.63, 3.8) is 0 Å². The SMILES string of the molecule is CCOc1ccc(Nc2nc(C)c(C(=O)OC)s2)cn1. The minimum Gasteiger partial charge on any atom is -0.478 e. The van der Waals surface area contributed by atoms with Crippen molar-refractivity contribution in [2.45, 2.75) is 13.8 Å². The number of aromatic nitrogens is 2. The zero-order valence-corrected chi connectivity index (χ0v) is 12.3. The van der Waals surface area contributed by atoms with E-state index in [4.69, 9.17) is 9.47 Å².